The lowest BCUT2D eigenvalue weighted by molar-refractivity contribution is -0.151. The van der Waals surface area contributed by atoms with Crippen molar-refractivity contribution in [3.8, 4) is 22.8 Å². The van der Waals surface area contributed by atoms with E-state index in [1.54, 1.807) is 16.8 Å². The molecule has 0 atom stereocenters. The second kappa shape index (κ2) is 18.6. The summed E-state index contributed by atoms with van der Waals surface area (Å²) in [5.41, 5.74) is 14.1. The Morgan fingerprint density at radius 2 is 1.26 bits per heavy atom. The molecule has 4 aliphatic rings. The second-order valence-electron chi connectivity index (χ2n) is 19.0. The average Bonchev–Trinajstić information content (AvgIpc) is 4.08. The number of nitrogens with zero attached hydrogens (tertiary/aromatic N) is 5. The van der Waals surface area contributed by atoms with Crippen molar-refractivity contribution in [1.29, 1.82) is 0 Å². The van der Waals surface area contributed by atoms with Gasteiger partial charge in [-0.25, -0.2) is 0 Å². The zero-order chi connectivity index (χ0) is 46.0. The van der Waals surface area contributed by atoms with Gasteiger partial charge in [0.05, 0.1) is 24.6 Å². The molecule has 0 unspecified atom stereocenters. The van der Waals surface area contributed by atoms with E-state index in [0.717, 1.165) is 82.7 Å². The fraction of sp³-hybridized carbons (Fsp3) is 0.458. The number of morpholine rings is 2. The predicted molar refractivity (Wildman–Crippen MR) is 249 cm³/mol. The third-order valence-corrected chi connectivity index (χ3v) is 12.9. The van der Waals surface area contributed by atoms with Gasteiger partial charge in [0.25, 0.3) is 0 Å². The summed E-state index contributed by atoms with van der Waals surface area (Å²) >= 11 is 0. The normalized spacial score (nSPS) is 17.7. The van der Waals surface area contributed by atoms with Crippen molar-refractivity contribution < 1.29 is 33.8 Å². The summed E-state index contributed by atoms with van der Waals surface area (Å²) in [6.45, 7) is 10.9. The van der Waals surface area contributed by atoms with E-state index in [1.807, 2.05) is 25.2 Å². The van der Waals surface area contributed by atoms with Gasteiger partial charge in [0.2, 0.25) is 17.7 Å². The van der Waals surface area contributed by atoms with E-state index < -0.39 is 5.97 Å². The van der Waals surface area contributed by atoms with Gasteiger partial charge < -0.3 is 44.6 Å². The van der Waals surface area contributed by atoms with Crippen LogP contribution in [0.25, 0.3) is 44.6 Å². The Balaban J connectivity index is 0.000000150. The van der Waals surface area contributed by atoms with Gasteiger partial charge in [-0.2, -0.15) is 10.2 Å². The fourth-order valence-corrected chi connectivity index (χ4v) is 9.01. The molecular weight excluding hydrogens is 829 g/mol. The summed E-state index contributed by atoms with van der Waals surface area (Å²) in [4.78, 5) is 57.2. The van der Waals surface area contributed by atoms with Crippen LogP contribution in [0.5, 0.6) is 0 Å². The van der Waals surface area contributed by atoms with Crippen molar-refractivity contribution in [3.63, 3.8) is 0 Å². The van der Waals surface area contributed by atoms with Gasteiger partial charge in [-0.05, 0) is 85.8 Å². The first kappa shape index (κ1) is 45.1. The Bertz CT molecular complexity index is 2720. The first-order valence-corrected chi connectivity index (χ1v) is 22.3. The molecule has 2 fully saturated rings. The summed E-state index contributed by atoms with van der Waals surface area (Å²) in [5, 5.41) is 29.6. The molecule has 344 valence electrons. The summed E-state index contributed by atoms with van der Waals surface area (Å²) in [6, 6.07) is 16.6. The van der Waals surface area contributed by atoms with E-state index in [9.17, 15) is 19.2 Å². The van der Waals surface area contributed by atoms with Gasteiger partial charge >= 0.3 is 5.97 Å². The van der Waals surface area contributed by atoms with Crippen LogP contribution in [-0.2, 0) is 54.3 Å². The van der Waals surface area contributed by atoms with E-state index >= 15 is 0 Å². The predicted octanol–water partition coefficient (Wildman–Crippen LogP) is 5.94. The number of nitrogens with one attached hydrogen (secondary N) is 5. The number of H-pyrrole nitrogens is 4. The molecule has 65 heavy (non-hydrogen) atoms. The first-order chi connectivity index (χ1) is 31.1. The summed E-state index contributed by atoms with van der Waals surface area (Å²) in [6.07, 6.45) is 6.58. The number of ether oxygens (including phenoxy) is 2. The molecule has 6 aromatic rings. The number of carboxylic acid groups (broad SMARTS) is 1. The van der Waals surface area contributed by atoms with Crippen molar-refractivity contribution >= 4 is 56.9 Å². The molecule has 0 radical (unpaired) electrons. The monoisotopic (exact) mass is 888 g/mol. The molecule has 10 rings (SSSR count). The number of rotatable bonds is 8. The number of benzene rings is 2. The Hall–Kier alpha value is -6.46. The molecule has 17 nitrogen and oxygen atoms in total. The number of aromatic nitrogens is 6. The lowest BCUT2D eigenvalue weighted by Gasteiger charge is -2.29. The van der Waals surface area contributed by atoms with E-state index in [-0.39, 0.29) is 44.0 Å². The Morgan fingerprint density at radius 1 is 0.754 bits per heavy atom. The number of carbonyl (C=O) groups is 4. The maximum Gasteiger partial charge on any atom is 0.323 e. The first-order valence-electron chi connectivity index (χ1n) is 22.3. The molecule has 0 spiro atoms. The zero-order valence-corrected chi connectivity index (χ0v) is 38.2. The number of likely N-dealkylation sites (N-methyl/N-ethyl adjacent to an activating group) is 1. The SMILES string of the molecule is CN(C(=O)CN1CCOCC1=O)c1ccc2cc(-c3n[nH]c4c3CCC(C)(C)C4)[nH]c2c1.CNc1ccc2cc(-c3n[nH]c4c3CCC(C)(C)C4)[nH]c2c1.O=C(O)CN1CCOCC1=O. The van der Waals surface area contributed by atoms with Crippen molar-refractivity contribution in [2.24, 2.45) is 10.8 Å². The van der Waals surface area contributed by atoms with Crippen molar-refractivity contribution in [3.05, 3.63) is 71.0 Å². The van der Waals surface area contributed by atoms with Crippen molar-refractivity contribution in [1.82, 2.24) is 40.2 Å². The van der Waals surface area contributed by atoms with E-state index in [4.69, 9.17) is 14.6 Å². The highest BCUT2D eigenvalue weighted by atomic mass is 16.5. The minimum atomic E-state index is -0.986. The molecule has 2 aromatic carbocycles. The second-order valence-corrected chi connectivity index (χ2v) is 19.0. The Kier molecular flexibility index (Phi) is 12.9. The largest absolute Gasteiger partial charge is 0.480 e. The van der Waals surface area contributed by atoms with Crippen LogP contribution in [0, 0.1) is 10.8 Å². The number of aliphatic carboxylic acids is 1. The third kappa shape index (κ3) is 10.3. The van der Waals surface area contributed by atoms with Gasteiger partial charge in [-0.3, -0.25) is 29.4 Å². The van der Waals surface area contributed by atoms with Crippen LogP contribution < -0.4 is 10.2 Å². The number of hydrogen-bond donors (Lipinski definition) is 6. The molecule has 6 heterocycles. The molecule has 0 bridgehead atoms. The molecule has 6 N–H and O–H groups in total. The van der Waals surface area contributed by atoms with Crippen LogP contribution in [0.15, 0.2) is 48.5 Å². The van der Waals surface area contributed by atoms with Crippen LogP contribution in [-0.4, -0.2) is 136 Å². The van der Waals surface area contributed by atoms with Crippen molar-refractivity contribution in [2.75, 3.05) is 76.9 Å². The van der Waals surface area contributed by atoms with Gasteiger partial charge in [-0.1, -0.05) is 39.8 Å². The highest BCUT2D eigenvalue weighted by Gasteiger charge is 2.31. The van der Waals surface area contributed by atoms with Gasteiger partial charge in [-0.15, -0.1) is 0 Å². The summed E-state index contributed by atoms with van der Waals surface area (Å²) in [5.74, 6) is -1.51. The molecule has 17 heteroatoms. The molecule has 2 aliphatic heterocycles. The van der Waals surface area contributed by atoms with E-state index in [2.05, 4.69) is 93.7 Å². The zero-order valence-electron chi connectivity index (χ0n) is 38.2. The molecule has 4 aromatic heterocycles. The fourth-order valence-electron chi connectivity index (χ4n) is 9.01. The highest BCUT2D eigenvalue weighted by Crippen LogP contribution is 2.40. The number of carboxylic acids is 1. The number of amides is 3. The van der Waals surface area contributed by atoms with Crippen LogP contribution in [0.2, 0.25) is 0 Å². The molecule has 3 amide bonds. The van der Waals surface area contributed by atoms with Gasteiger partial charge in [0, 0.05) is 82.9 Å². The smallest absolute Gasteiger partial charge is 0.323 e. The van der Waals surface area contributed by atoms with Crippen LogP contribution >= 0.6 is 0 Å². The Labute approximate surface area is 377 Å². The third-order valence-electron chi connectivity index (χ3n) is 12.9. The number of anilines is 2. The number of fused-ring (bicyclic) bond motifs is 4. The van der Waals surface area contributed by atoms with E-state index in [0.29, 0.717) is 37.1 Å². The van der Waals surface area contributed by atoms with Crippen molar-refractivity contribution in [2.45, 2.75) is 66.2 Å². The van der Waals surface area contributed by atoms with E-state index in [1.165, 1.54) is 39.2 Å². The summed E-state index contributed by atoms with van der Waals surface area (Å²) < 4.78 is 9.95. The lowest BCUT2D eigenvalue weighted by Crippen LogP contribution is -2.47. The standard InChI is InChI=1S/C24H29N5O3.C18H22N4.C6H9NO4/c1-24(2)7-6-17-20(12-24)26-27-23(17)19-10-15-4-5-16(11-18(15)25-19)28(3)21(30)13-29-8-9-32-14-22(29)31;1-18(2)7-6-13-16(10-18)21-22-17(13)15-8-11-4-5-12(19-3)9-14(11)20-15;8-5-4-11-2-1-7(5)3-6(9)10/h4-5,10-11,25H,6-9,12-14H2,1-3H3,(H,26,27);4-5,8-9,19-20H,6-7,10H2,1-3H3,(H,21,22);1-4H2,(H,9,10). The molecule has 0 saturated carbocycles. The number of aromatic amines is 4. The molecular formula is C48H60N10O7. The highest BCUT2D eigenvalue weighted by molar-refractivity contribution is 5.99. The topological polar surface area (TPSA) is 218 Å². The lowest BCUT2D eigenvalue weighted by atomic mass is 9.76. The van der Waals surface area contributed by atoms with Crippen LogP contribution in [0.3, 0.4) is 0 Å². The quantitative estimate of drug-likeness (QED) is 0.106. The number of carbonyl (C=O) groups excluding carboxylic acids is 3. The number of hydrogen-bond acceptors (Lipinski definition) is 9. The average molecular weight is 889 g/mol. The van der Waals surface area contributed by atoms with Crippen LogP contribution in [0.1, 0.15) is 63.1 Å². The van der Waals surface area contributed by atoms with Crippen LogP contribution in [0.4, 0.5) is 11.4 Å². The summed E-state index contributed by atoms with van der Waals surface area (Å²) in [7, 11) is 3.68. The van der Waals surface area contributed by atoms with Gasteiger partial charge in [0.1, 0.15) is 37.7 Å². The Morgan fingerprint density at radius 3 is 1.77 bits per heavy atom. The maximum absolute atomic E-state index is 12.8. The maximum atomic E-state index is 12.8. The minimum absolute atomic E-state index is 0.00722. The minimum Gasteiger partial charge on any atom is -0.480 e. The molecule has 2 saturated heterocycles. The van der Waals surface area contributed by atoms with Gasteiger partial charge in [0.15, 0.2) is 0 Å². The molecule has 2 aliphatic carbocycles.